The molecule has 0 amide bonds. The summed E-state index contributed by atoms with van der Waals surface area (Å²) in [5, 5.41) is 18.9. The third kappa shape index (κ3) is 4.73. The van der Waals surface area contributed by atoms with Gasteiger partial charge in [-0.3, -0.25) is 4.79 Å². The fourth-order valence-electron chi connectivity index (χ4n) is 1.18. The van der Waals surface area contributed by atoms with Gasteiger partial charge in [0.05, 0.1) is 11.8 Å². The van der Waals surface area contributed by atoms with Crippen LogP contribution in [0.4, 0.5) is 0 Å². The summed E-state index contributed by atoms with van der Waals surface area (Å²) in [6.07, 6.45) is 3.96. The van der Waals surface area contributed by atoms with Crippen LogP contribution in [0.15, 0.2) is 12.2 Å². The quantitative estimate of drug-likeness (QED) is 0.551. The van der Waals surface area contributed by atoms with Gasteiger partial charge in [0.1, 0.15) is 11.5 Å². The molecular formula is C11H18Cl2O3. The van der Waals surface area contributed by atoms with Crippen LogP contribution in [0.3, 0.4) is 0 Å². The predicted molar refractivity (Wildman–Crippen MR) is 66.1 cm³/mol. The van der Waals surface area contributed by atoms with Crippen molar-refractivity contribution in [1.82, 2.24) is 0 Å². The molecule has 1 atom stereocenters. The minimum absolute atomic E-state index is 0.209. The lowest BCUT2D eigenvalue weighted by Crippen LogP contribution is -2.45. The van der Waals surface area contributed by atoms with Crippen molar-refractivity contribution in [1.29, 1.82) is 0 Å². The molecule has 3 nitrogen and oxygen atoms in total. The van der Waals surface area contributed by atoms with Gasteiger partial charge in [-0.1, -0.05) is 26.0 Å². The van der Waals surface area contributed by atoms with Gasteiger partial charge in [-0.05, 0) is 12.3 Å². The summed E-state index contributed by atoms with van der Waals surface area (Å²) >= 11 is 11.1. The van der Waals surface area contributed by atoms with Crippen molar-refractivity contribution in [2.45, 2.75) is 25.9 Å². The molecule has 0 radical (unpaired) electrons. The van der Waals surface area contributed by atoms with Gasteiger partial charge in [0.2, 0.25) is 0 Å². The monoisotopic (exact) mass is 268 g/mol. The van der Waals surface area contributed by atoms with Crippen molar-refractivity contribution < 1.29 is 15.0 Å². The molecule has 0 fully saturated rings. The maximum atomic E-state index is 11.0. The summed E-state index contributed by atoms with van der Waals surface area (Å²) in [5.41, 5.74) is -1.59. The number of aliphatic hydroxyl groups is 1. The lowest BCUT2D eigenvalue weighted by molar-refractivity contribution is -0.146. The van der Waals surface area contributed by atoms with Crippen molar-refractivity contribution in [2.75, 3.05) is 11.8 Å². The van der Waals surface area contributed by atoms with E-state index in [1.165, 1.54) is 6.08 Å². The van der Waals surface area contributed by atoms with Gasteiger partial charge < -0.3 is 10.2 Å². The van der Waals surface area contributed by atoms with Crippen LogP contribution in [0.2, 0.25) is 0 Å². The van der Waals surface area contributed by atoms with E-state index < -0.39 is 17.5 Å². The zero-order valence-corrected chi connectivity index (χ0v) is 11.0. The van der Waals surface area contributed by atoms with Gasteiger partial charge in [0.15, 0.2) is 0 Å². The third-order valence-electron chi connectivity index (χ3n) is 2.24. The first-order valence-electron chi connectivity index (χ1n) is 5.11. The number of rotatable bonds is 7. The van der Waals surface area contributed by atoms with Gasteiger partial charge in [-0.25, -0.2) is 0 Å². The molecule has 0 aliphatic carbocycles. The van der Waals surface area contributed by atoms with E-state index in [0.717, 1.165) is 6.42 Å². The summed E-state index contributed by atoms with van der Waals surface area (Å²) < 4.78 is 0. The van der Waals surface area contributed by atoms with Crippen molar-refractivity contribution in [3.63, 3.8) is 0 Å². The Morgan fingerprint density at radius 3 is 2.19 bits per heavy atom. The number of halogens is 2. The van der Waals surface area contributed by atoms with E-state index in [9.17, 15) is 9.90 Å². The smallest absolute Gasteiger partial charge is 0.313 e. The van der Waals surface area contributed by atoms with Gasteiger partial charge in [0.25, 0.3) is 0 Å². The number of aliphatic carboxylic acids is 1. The molecule has 0 aliphatic rings. The molecular weight excluding hydrogens is 251 g/mol. The molecule has 2 N–H and O–H groups in total. The van der Waals surface area contributed by atoms with Crippen molar-refractivity contribution in [3.8, 4) is 0 Å². The second-order valence-corrected chi connectivity index (χ2v) is 4.78. The van der Waals surface area contributed by atoms with Gasteiger partial charge in [0, 0.05) is 0 Å². The van der Waals surface area contributed by atoms with Gasteiger partial charge in [-0.15, -0.1) is 23.2 Å². The third-order valence-corrected chi connectivity index (χ3v) is 3.17. The number of hydrogen-bond donors (Lipinski definition) is 2. The van der Waals surface area contributed by atoms with E-state index in [1.54, 1.807) is 6.08 Å². The summed E-state index contributed by atoms with van der Waals surface area (Å²) in [4.78, 5) is 11.0. The van der Waals surface area contributed by atoms with Crippen LogP contribution in [-0.2, 0) is 4.79 Å². The normalized spacial score (nSPS) is 14.6. The highest BCUT2D eigenvalue weighted by Gasteiger charge is 2.38. The Kier molecular flexibility index (Phi) is 7.04. The highest BCUT2D eigenvalue weighted by molar-refractivity contribution is 6.22. The largest absolute Gasteiger partial charge is 0.481 e. The summed E-state index contributed by atoms with van der Waals surface area (Å²) in [6, 6.07) is 0. The van der Waals surface area contributed by atoms with E-state index >= 15 is 0 Å². The number of carboxylic acids is 1. The molecule has 0 aromatic heterocycles. The number of alkyl halides is 2. The second kappa shape index (κ2) is 7.15. The number of carboxylic acid groups (broad SMARTS) is 1. The highest BCUT2D eigenvalue weighted by atomic mass is 35.5. The molecule has 16 heavy (non-hydrogen) atoms. The molecule has 0 saturated carbocycles. The van der Waals surface area contributed by atoms with Crippen LogP contribution in [0.5, 0.6) is 0 Å². The molecule has 0 bridgehead atoms. The maximum Gasteiger partial charge on any atom is 0.313 e. The molecule has 1 unspecified atom stereocenters. The molecule has 5 heteroatoms. The Labute approximate surface area is 106 Å². The Bertz CT molecular complexity index is 248. The standard InChI is InChI=1S/C11H18Cl2O3/c1-8(2)4-3-5-9(10(14)15)11(16,6-12)7-13/h3,5,8-9,16H,4,6-7H2,1-2H3,(H,14,15)/b5-3+. The zero-order valence-electron chi connectivity index (χ0n) is 9.49. The van der Waals surface area contributed by atoms with Crippen LogP contribution >= 0.6 is 23.2 Å². The van der Waals surface area contributed by atoms with Crippen LogP contribution in [0.25, 0.3) is 0 Å². The first kappa shape index (κ1) is 15.8. The molecule has 0 aliphatic heterocycles. The highest BCUT2D eigenvalue weighted by Crippen LogP contribution is 2.23. The molecule has 0 saturated heterocycles. The fourth-order valence-corrected chi connectivity index (χ4v) is 1.80. The molecule has 0 aromatic rings. The Hall–Kier alpha value is -0.250. The first-order valence-corrected chi connectivity index (χ1v) is 6.18. The molecule has 0 heterocycles. The first-order chi connectivity index (χ1) is 7.37. The summed E-state index contributed by atoms with van der Waals surface area (Å²) in [7, 11) is 0. The number of hydrogen-bond acceptors (Lipinski definition) is 2. The number of allylic oxidation sites excluding steroid dienone is 1. The lowest BCUT2D eigenvalue weighted by Gasteiger charge is -2.27. The SMILES string of the molecule is CC(C)C/C=C/C(C(=O)O)C(O)(CCl)CCl. The van der Waals surface area contributed by atoms with E-state index in [2.05, 4.69) is 0 Å². The van der Waals surface area contributed by atoms with Crippen molar-refractivity contribution >= 4 is 29.2 Å². The Morgan fingerprint density at radius 2 is 1.88 bits per heavy atom. The maximum absolute atomic E-state index is 11.0. The topological polar surface area (TPSA) is 57.5 Å². The molecule has 94 valence electrons. The van der Waals surface area contributed by atoms with E-state index in [0.29, 0.717) is 5.92 Å². The number of carbonyl (C=O) groups is 1. The fraction of sp³-hybridized carbons (Fsp3) is 0.727. The molecule has 0 rings (SSSR count). The zero-order chi connectivity index (χ0) is 12.8. The minimum Gasteiger partial charge on any atom is -0.481 e. The molecule has 0 aromatic carbocycles. The van der Waals surface area contributed by atoms with E-state index in [4.69, 9.17) is 28.3 Å². The predicted octanol–water partition coefficient (Wildman–Crippen LogP) is 2.50. The van der Waals surface area contributed by atoms with Crippen LogP contribution in [0.1, 0.15) is 20.3 Å². The average Bonchev–Trinajstić information content (AvgIpc) is 2.22. The van der Waals surface area contributed by atoms with E-state index in [-0.39, 0.29) is 11.8 Å². The second-order valence-electron chi connectivity index (χ2n) is 4.24. The summed E-state index contributed by atoms with van der Waals surface area (Å²) in [6.45, 7) is 4.05. The van der Waals surface area contributed by atoms with E-state index in [1.807, 2.05) is 13.8 Å². The van der Waals surface area contributed by atoms with Crippen LogP contribution in [-0.4, -0.2) is 33.5 Å². The van der Waals surface area contributed by atoms with Crippen LogP contribution in [0, 0.1) is 11.8 Å². The van der Waals surface area contributed by atoms with Crippen molar-refractivity contribution in [3.05, 3.63) is 12.2 Å². The Morgan fingerprint density at radius 1 is 1.38 bits per heavy atom. The van der Waals surface area contributed by atoms with Crippen molar-refractivity contribution in [2.24, 2.45) is 11.8 Å². The lowest BCUT2D eigenvalue weighted by atomic mass is 9.89. The molecule has 0 spiro atoms. The van der Waals surface area contributed by atoms with Gasteiger partial charge >= 0.3 is 5.97 Å². The van der Waals surface area contributed by atoms with Crippen LogP contribution < -0.4 is 0 Å². The summed E-state index contributed by atoms with van der Waals surface area (Å²) in [5.74, 6) is -2.17. The Balaban J connectivity index is 4.74. The minimum atomic E-state index is -1.59. The average molecular weight is 269 g/mol. The van der Waals surface area contributed by atoms with Gasteiger partial charge in [-0.2, -0.15) is 0 Å².